The first-order valence-electron chi connectivity index (χ1n) is 9.33. The number of aromatic carboxylic acids is 1. The predicted molar refractivity (Wildman–Crippen MR) is 110 cm³/mol. The van der Waals surface area contributed by atoms with Crippen LogP contribution in [0.3, 0.4) is 0 Å². The van der Waals surface area contributed by atoms with Crippen molar-refractivity contribution in [3.63, 3.8) is 0 Å². The van der Waals surface area contributed by atoms with Crippen LogP contribution >= 0.6 is 0 Å². The third kappa shape index (κ3) is 5.33. The van der Waals surface area contributed by atoms with Gasteiger partial charge in [-0.3, -0.25) is 4.79 Å². The zero-order chi connectivity index (χ0) is 20.9. The Labute approximate surface area is 169 Å². The molecule has 0 saturated carbocycles. The number of nitrogens with one attached hydrogen (secondary N) is 2. The summed E-state index contributed by atoms with van der Waals surface area (Å²) in [6.07, 6.45) is 2.82. The number of carbonyl (C=O) groups is 2. The van der Waals surface area contributed by atoms with Crippen LogP contribution in [0.25, 0.3) is 0 Å². The van der Waals surface area contributed by atoms with Crippen LogP contribution in [0.15, 0.2) is 53.4 Å². The minimum Gasteiger partial charge on any atom is -0.478 e. The number of hydrogen-bond donors (Lipinski definition) is 3. The van der Waals surface area contributed by atoms with E-state index >= 15 is 0 Å². The highest BCUT2D eigenvalue weighted by atomic mass is 32.2. The van der Waals surface area contributed by atoms with E-state index in [0.29, 0.717) is 24.5 Å². The summed E-state index contributed by atoms with van der Waals surface area (Å²) < 4.78 is 26.8. The molecule has 1 saturated heterocycles. The Morgan fingerprint density at radius 1 is 0.897 bits per heavy atom. The van der Waals surface area contributed by atoms with Gasteiger partial charge in [0.15, 0.2) is 0 Å². The average Bonchev–Trinajstić information content (AvgIpc) is 2.73. The van der Waals surface area contributed by atoms with Gasteiger partial charge in [0.1, 0.15) is 0 Å². The summed E-state index contributed by atoms with van der Waals surface area (Å²) in [4.78, 5) is 23.1. The molecule has 3 rings (SSSR count). The number of amides is 1. The van der Waals surface area contributed by atoms with Crippen LogP contribution in [0.5, 0.6) is 0 Å². The van der Waals surface area contributed by atoms with Crippen molar-refractivity contribution in [3.05, 3.63) is 54.1 Å². The fourth-order valence-electron chi connectivity index (χ4n) is 3.08. The lowest BCUT2D eigenvalue weighted by Gasteiger charge is -2.25. The lowest BCUT2D eigenvalue weighted by molar-refractivity contribution is -0.114. The number of anilines is 2. The fourth-order valence-corrected chi connectivity index (χ4v) is 4.60. The molecule has 8 nitrogen and oxygen atoms in total. The second-order valence-corrected chi connectivity index (χ2v) is 8.71. The van der Waals surface area contributed by atoms with Crippen molar-refractivity contribution < 1.29 is 23.1 Å². The number of benzene rings is 2. The monoisotopic (exact) mass is 417 g/mol. The Hall–Kier alpha value is -2.91. The van der Waals surface area contributed by atoms with Crippen molar-refractivity contribution >= 4 is 33.3 Å². The maximum absolute atomic E-state index is 12.6. The van der Waals surface area contributed by atoms with Gasteiger partial charge in [-0.05, 0) is 61.4 Å². The second-order valence-electron chi connectivity index (χ2n) is 6.77. The predicted octanol–water partition coefficient (Wildman–Crippen LogP) is 2.61. The van der Waals surface area contributed by atoms with Crippen LogP contribution in [0, 0.1) is 0 Å². The van der Waals surface area contributed by atoms with Gasteiger partial charge >= 0.3 is 5.97 Å². The van der Waals surface area contributed by atoms with E-state index < -0.39 is 16.0 Å². The molecule has 0 bridgehead atoms. The van der Waals surface area contributed by atoms with Gasteiger partial charge in [-0.15, -0.1) is 0 Å². The summed E-state index contributed by atoms with van der Waals surface area (Å²) in [6.45, 7) is 1.09. The highest BCUT2D eigenvalue weighted by Crippen LogP contribution is 2.22. The average molecular weight is 417 g/mol. The van der Waals surface area contributed by atoms with E-state index in [0.717, 1.165) is 19.3 Å². The molecule has 29 heavy (non-hydrogen) atoms. The number of carboxylic acids is 1. The van der Waals surface area contributed by atoms with Gasteiger partial charge in [0, 0.05) is 24.5 Å². The molecule has 9 heteroatoms. The minimum absolute atomic E-state index is 0.0150. The van der Waals surface area contributed by atoms with Crippen LogP contribution in [-0.2, 0) is 14.8 Å². The Balaban J connectivity index is 1.54. The third-order valence-corrected chi connectivity index (χ3v) is 6.59. The summed E-state index contributed by atoms with van der Waals surface area (Å²) in [5.74, 6) is -1.34. The summed E-state index contributed by atoms with van der Waals surface area (Å²) in [6, 6.07) is 12.2. The number of sulfonamides is 1. The summed E-state index contributed by atoms with van der Waals surface area (Å²) in [7, 11) is -3.48. The number of piperidine rings is 1. The van der Waals surface area contributed by atoms with Crippen molar-refractivity contribution in [3.8, 4) is 0 Å². The van der Waals surface area contributed by atoms with Crippen molar-refractivity contribution in [2.45, 2.75) is 24.2 Å². The molecule has 0 atom stereocenters. The van der Waals surface area contributed by atoms with E-state index in [4.69, 9.17) is 5.11 Å². The molecule has 1 aliphatic rings. The van der Waals surface area contributed by atoms with Gasteiger partial charge in [-0.1, -0.05) is 6.42 Å². The van der Waals surface area contributed by atoms with Gasteiger partial charge < -0.3 is 15.7 Å². The Bertz CT molecular complexity index is 966. The standard InChI is InChI=1S/C20H23N3O5S/c24-19(22-17-6-4-15(5-7-17)20(25)26)14-21-16-8-10-18(11-9-16)29(27,28)23-12-2-1-3-13-23/h4-11,21H,1-3,12-14H2,(H,22,24)(H,25,26). The van der Waals surface area contributed by atoms with Crippen molar-refractivity contribution in [2.75, 3.05) is 30.3 Å². The second kappa shape index (κ2) is 9.06. The van der Waals surface area contributed by atoms with Crippen molar-refractivity contribution in [1.29, 1.82) is 0 Å². The highest BCUT2D eigenvalue weighted by Gasteiger charge is 2.25. The molecule has 0 aliphatic carbocycles. The first kappa shape index (κ1) is 20.8. The Kier molecular flexibility index (Phi) is 6.50. The highest BCUT2D eigenvalue weighted by molar-refractivity contribution is 7.89. The zero-order valence-electron chi connectivity index (χ0n) is 15.8. The number of carboxylic acid groups (broad SMARTS) is 1. The van der Waals surface area contributed by atoms with Crippen LogP contribution in [0.4, 0.5) is 11.4 Å². The zero-order valence-corrected chi connectivity index (χ0v) is 16.6. The van der Waals surface area contributed by atoms with Crippen molar-refractivity contribution in [2.24, 2.45) is 0 Å². The molecule has 0 aromatic heterocycles. The minimum atomic E-state index is -3.48. The van der Waals surface area contributed by atoms with Gasteiger partial charge in [-0.2, -0.15) is 4.31 Å². The topological polar surface area (TPSA) is 116 Å². The quantitative estimate of drug-likeness (QED) is 0.638. The smallest absolute Gasteiger partial charge is 0.335 e. The van der Waals surface area contributed by atoms with E-state index in [1.807, 2.05) is 0 Å². The SMILES string of the molecule is O=C(CNc1ccc(S(=O)(=O)N2CCCCC2)cc1)Nc1ccc(C(=O)O)cc1. The van der Waals surface area contributed by atoms with Gasteiger partial charge in [0.25, 0.3) is 0 Å². The van der Waals surface area contributed by atoms with E-state index in [1.165, 1.54) is 40.7 Å². The molecule has 1 fully saturated rings. The van der Waals surface area contributed by atoms with Gasteiger partial charge in [0.2, 0.25) is 15.9 Å². The van der Waals surface area contributed by atoms with Crippen LogP contribution in [-0.4, -0.2) is 49.3 Å². The molecule has 0 unspecified atom stereocenters. The van der Waals surface area contributed by atoms with E-state index in [-0.39, 0.29) is 22.9 Å². The maximum Gasteiger partial charge on any atom is 0.335 e. The fraction of sp³-hybridized carbons (Fsp3) is 0.300. The molecule has 3 N–H and O–H groups in total. The van der Waals surface area contributed by atoms with Crippen molar-refractivity contribution in [1.82, 2.24) is 4.31 Å². The van der Waals surface area contributed by atoms with E-state index in [1.54, 1.807) is 12.1 Å². The molecule has 154 valence electrons. The van der Waals surface area contributed by atoms with E-state index in [9.17, 15) is 18.0 Å². The van der Waals surface area contributed by atoms with Gasteiger partial charge in [-0.25, -0.2) is 13.2 Å². The largest absolute Gasteiger partial charge is 0.478 e. The number of hydrogen-bond acceptors (Lipinski definition) is 5. The van der Waals surface area contributed by atoms with Crippen LogP contribution in [0.2, 0.25) is 0 Å². The van der Waals surface area contributed by atoms with E-state index in [2.05, 4.69) is 10.6 Å². The summed E-state index contributed by atoms with van der Waals surface area (Å²) in [5.41, 5.74) is 1.25. The normalized spacial score (nSPS) is 14.9. The Morgan fingerprint density at radius 3 is 2.07 bits per heavy atom. The first-order valence-corrected chi connectivity index (χ1v) is 10.8. The lowest BCUT2D eigenvalue weighted by Crippen LogP contribution is -2.35. The third-order valence-electron chi connectivity index (χ3n) is 4.68. The van der Waals surface area contributed by atoms with Gasteiger partial charge in [0.05, 0.1) is 17.0 Å². The molecule has 2 aromatic carbocycles. The molecule has 1 heterocycles. The molecular weight excluding hydrogens is 394 g/mol. The molecule has 2 aromatic rings. The Morgan fingerprint density at radius 2 is 1.48 bits per heavy atom. The lowest BCUT2D eigenvalue weighted by atomic mass is 10.2. The molecule has 0 radical (unpaired) electrons. The summed E-state index contributed by atoms with van der Waals surface area (Å²) in [5, 5.41) is 14.5. The number of rotatable bonds is 7. The first-order chi connectivity index (χ1) is 13.9. The number of carbonyl (C=O) groups excluding carboxylic acids is 1. The van der Waals surface area contributed by atoms with Crippen LogP contribution in [0.1, 0.15) is 29.6 Å². The molecule has 1 aliphatic heterocycles. The maximum atomic E-state index is 12.6. The molecular formula is C20H23N3O5S. The van der Waals surface area contributed by atoms with Crippen LogP contribution < -0.4 is 10.6 Å². The molecule has 0 spiro atoms. The summed E-state index contributed by atoms with van der Waals surface area (Å²) >= 11 is 0. The number of nitrogens with zero attached hydrogens (tertiary/aromatic N) is 1. The molecule has 1 amide bonds.